The number of anilines is 1. The van der Waals surface area contributed by atoms with Gasteiger partial charge in [0.05, 0.1) is 11.2 Å². The molecule has 0 aliphatic heterocycles. The Hall–Kier alpha value is -2.27. The maximum atomic E-state index is 5.33. The summed E-state index contributed by atoms with van der Waals surface area (Å²) in [7, 11) is 0. The van der Waals surface area contributed by atoms with E-state index in [9.17, 15) is 0 Å². The predicted octanol–water partition coefficient (Wildman–Crippen LogP) is 3.48. The van der Waals surface area contributed by atoms with E-state index in [0.717, 1.165) is 40.3 Å². The average Bonchev–Trinajstić information content (AvgIpc) is 2.53. The molecular formula is C16H16N4S. The molecule has 1 aromatic carbocycles. The zero-order chi connectivity index (χ0) is 14.7. The third-order valence-corrected chi connectivity index (χ3v) is 3.54. The van der Waals surface area contributed by atoms with Gasteiger partial charge in [-0.1, -0.05) is 6.92 Å². The molecule has 3 rings (SSSR count). The number of nitrogens with one attached hydrogen (secondary N) is 2. The molecule has 0 unspecified atom stereocenters. The smallest absolute Gasteiger partial charge is 0.170 e. The lowest BCUT2D eigenvalue weighted by atomic mass is 10.1. The molecule has 0 saturated heterocycles. The monoisotopic (exact) mass is 296 g/mol. The van der Waals surface area contributed by atoms with Gasteiger partial charge in [0.2, 0.25) is 0 Å². The highest BCUT2D eigenvalue weighted by atomic mass is 32.1. The molecule has 21 heavy (non-hydrogen) atoms. The summed E-state index contributed by atoms with van der Waals surface area (Å²) in [5.41, 5.74) is 1.90. The Morgan fingerprint density at radius 1 is 1.24 bits per heavy atom. The number of fused-ring (bicyclic) bond motifs is 3. The molecule has 4 nitrogen and oxygen atoms in total. The van der Waals surface area contributed by atoms with Crippen LogP contribution in [0.5, 0.6) is 0 Å². The van der Waals surface area contributed by atoms with Crippen molar-refractivity contribution in [1.29, 1.82) is 0 Å². The van der Waals surface area contributed by atoms with Crippen molar-refractivity contribution in [1.82, 2.24) is 15.3 Å². The Morgan fingerprint density at radius 3 is 3.00 bits per heavy atom. The molecule has 0 amide bonds. The zero-order valence-electron chi connectivity index (χ0n) is 11.8. The van der Waals surface area contributed by atoms with E-state index in [1.807, 2.05) is 24.4 Å². The fourth-order valence-electron chi connectivity index (χ4n) is 2.31. The summed E-state index contributed by atoms with van der Waals surface area (Å²) in [6, 6.07) is 8.04. The number of hydrogen-bond donors (Lipinski definition) is 2. The molecule has 0 saturated carbocycles. The van der Waals surface area contributed by atoms with Crippen LogP contribution in [0.3, 0.4) is 0 Å². The summed E-state index contributed by atoms with van der Waals surface area (Å²) >= 11 is 5.33. The lowest BCUT2D eigenvalue weighted by Gasteiger charge is -2.13. The molecule has 5 heteroatoms. The third-order valence-electron chi connectivity index (χ3n) is 3.29. The van der Waals surface area contributed by atoms with Crippen LogP contribution < -0.4 is 10.6 Å². The van der Waals surface area contributed by atoms with Gasteiger partial charge in [-0.05, 0) is 48.3 Å². The molecule has 0 radical (unpaired) electrons. The van der Waals surface area contributed by atoms with Crippen LogP contribution in [-0.4, -0.2) is 21.6 Å². The first-order chi connectivity index (χ1) is 10.3. The highest BCUT2D eigenvalue weighted by molar-refractivity contribution is 7.80. The topological polar surface area (TPSA) is 49.8 Å². The first-order valence-corrected chi connectivity index (χ1v) is 7.36. The molecule has 0 bridgehead atoms. The fourth-order valence-corrected chi connectivity index (χ4v) is 2.52. The summed E-state index contributed by atoms with van der Waals surface area (Å²) in [6.07, 6.45) is 6.47. The predicted molar refractivity (Wildman–Crippen MR) is 91.6 cm³/mol. The van der Waals surface area contributed by atoms with Crippen LogP contribution in [0.25, 0.3) is 21.7 Å². The van der Waals surface area contributed by atoms with Gasteiger partial charge in [0.25, 0.3) is 0 Å². The molecule has 2 aromatic heterocycles. The van der Waals surface area contributed by atoms with Crippen molar-refractivity contribution >= 4 is 44.7 Å². The van der Waals surface area contributed by atoms with Gasteiger partial charge in [0, 0.05) is 35.9 Å². The molecule has 0 atom stereocenters. The van der Waals surface area contributed by atoms with Gasteiger partial charge in [-0.3, -0.25) is 9.97 Å². The maximum Gasteiger partial charge on any atom is 0.170 e. The largest absolute Gasteiger partial charge is 0.362 e. The van der Waals surface area contributed by atoms with E-state index in [1.54, 1.807) is 12.4 Å². The molecule has 2 heterocycles. The van der Waals surface area contributed by atoms with Gasteiger partial charge in [-0.25, -0.2) is 0 Å². The third kappa shape index (κ3) is 2.78. The van der Waals surface area contributed by atoms with Crippen LogP contribution >= 0.6 is 12.2 Å². The second-order valence-electron chi connectivity index (χ2n) is 4.80. The van der Waals surface area contributed by atoms with Crippen LogP contribution in [0.2, 0.25) is 0 Å². The van der Waals surface area contributed by atoms with E-state index < -0.39 is 0 Å². The molecule has 106 valence electrons. The first kappa shape index (κ1) is 13.7. The van der Waals surface area contributed by atoms with E-state index in [-0.39, 0.29) is 0 Å². The van der Waals surface area contributed by atoms with Crippen molar-refractivity contribution in [2.45, 2.75) is 13.3 Å². The summed E-state index contributed by atoms with van der Waals surface area (Å²) in [5, 5.41) is 10.3. The second-order valence-corrected chi connectivity index (χ2v) is 5.21. The summed E-state index contributed by atoms with van der Waals surface area (Å²) in [5.74, 6) is 0. The van der Waals surface area contributed by atoms with Gasteiger partial charge < -0.3 is 10.6 Å². The standard InChI is InChI=1S/C16H16N4S/c1-2-6-19-16(21)20-14-9-11-5-8-17-10-13(11)15-12(14)4-3-7-18-15/h3-5,7-10H,2,6H2,1H3,(H2,19,20,21). The van der Waals surface area contributed by atoms with Crippen LogP contribution in [-0.2, 0) is 0 Å². The van der Waals surface area contributed by atoms with Crippen molar-refractivity contribution < 1.29 is 0 Å². The average molecular weight is 296 g/mol. The Morgan fingerprint density at radius 2 is 2.14 bits per heavy atom. The van der Waals surface area contributed by atoms with Gasteiger partial charge in [0.15, 0.2) is 5.11 Å². The summed E-state index contributed by atoms with van der Waals surface area (Å²) in [6.45, 7) is 2.97. The summed E-state index contributed by atoms with van der Waals surface area (Å²) in [4.78, 5) is 8.69. The number of rotatable bonds is 3. The lowest BCUT2D eigenvalue weighted by molar-refractivity contribution is 0.847. The molecule has 0 spiro atoms. The number of nitrogens with zero attached hydrogens (tertiary/aromatic N) is 2. The minimum Gasteiger partial charge on any atom is -0.362 e. The highest BCUT2D eigenvalue weighted by Crippen LogP contribution is 2.29. The Labute approximate surface area is 128 Å². The highest BCUT2D eigenvalue weighted by Gasteiger charge is 2.08. The van der Waals surface area contributed by atoms with Gasteiger partial charge in [-0.15, -0.1) is 0 Å². The molecule has 0 aliphatic carbocycles. The van der Waals surface area contributed by atoms with Crippen LogP contribution in [0.15, 0.2) is 42.9 Å². The van der Waals surface area contributed by atoms with E-state index in [2.05, 4.69) is 33.6 Å². The van der Waals surface area contributed by atoms with Crippen molar-refractivity contribution in [2.75, 3.05) is 11.9 Å². The van der Waals surface area contributed by atoms with E-state index in [0.29, 0.717) is 5.11 Å². The number of thiocarbonyl (C=S) groups is 1. The minimum absolute atomic E-state index is 0.635. The quantitative estimate of drug-likeness (QED) is 0.572. The van der Waals surface area contributed by atoms with Crippen molar-refractivity contribution in [3.63, 3.8) is 0 Å². The van der Waals surface area contributed by atoms with Gasteiger partial charge >= 0.3 is 0 Å². The normalized spacial score (nSPS) is 10.7. The molecule has 0 fully saturated rings. The van der Waals surface area contributed by atoms with Crippen LogP contribution in [0.1, 0.15) is 13.3 Å². The zero-order valence-corrected chi connectivity index (χ0v) is 12.6. The number of hydrogen-bond acceptors (Lipinski definition) is 3. The van der Waals surface area contributed by atoms with Gasteiger partial charge in [0.1, 0.15) is 0 Å². The fraction of sp³-hybridized carbons (Fsp3) is 0.188. The lowest BCUT2D eigenvalue weighted by Crippen LogP contribution is -2.29. The number of aromatic nitrogens is 2. The van der Waals surface area contributed by atoms with Crippen LogP contribution in [0.4, 0.5) is 5.69 Å². The van der Waals surface area contributed by atoms with Crippen molar-refractivity contribution in [3.05, 3.63) is 42.9 Å². The summed E-state index contributed by atoms with van der Waals surface area (Å²) < 4.78 is 0. The SMILES string of the molecule is CCCNC(=S)Nc1cc2ccncc2c2ncccc12. The van der Waals surface area contributed by atoms with E-state index >= 15 is 0 Å². The van der Waals surface area contributed by atoms with E-state index in [4.69, 9.17) is 12.2 Å². The Kier molecular flexibility index (Phi) is 3.92. The Bertz CT molecular complexity index is 800. The van der Waals surface area contributed by atoms with Crippen molar-refractivity contribution in [3.8, 4) is 0 Å². The Balaban J connectivity index is 2.10. The number of benzene rings is 1. The molecular weight excluding hydrogens is 280 g/mol. The maximum absolute atomic E-state index is 5.33. The van der Waals surface area contributed by atoms with Crippen molar-refractivity contribution in [2.24, 2.45) is 0 Å². The second kappa shape index (κ2) is 6.01. The van der Waals surface area contributed by atoms with E-state index in [1.165, 1.54) is 0 Å². The van der Waals surface area contributed by atoms with Gasteiger partial charge in [-0.2, -0.15) is 0 Å². The molecule has 0 aliphatic rings. The molecule has 2 N–H and O–H groups in total. The molecule has 3 aromatic rings. The minimum atomic E-state index is 0.635. The first-order valence-electron chi connectivity index (χ1n) is 6.96. The van der Waals surface area contributed by atoms with Crippen LogP contribution in [0, 0.1) is 0 Å². The number of pyridine rings is 2.